The second-order valence-corrected chi connectivity index (χ2v) is 5.32. The Hall–Kier alpha value is -2.95. The molecule has 1 N–H and O–H groups in total. The first-order chi connectivity index (χ1) is 11.2. The van der Waals surface area contributed by atoms with Crippen molar-refractivity contribution < 1.29 is 9.32 Å². The van der Waals surface area contributed by atoms with Gasteiger partial charge in [-0.2, -0.15) is 4.98 Å². The van der Waals surface area contributed by atoms with Crippen LogP contribution in [0.15, 0.2) is 59.1 Å². The predicted molar refractivity (Wildman–Crippen MR) is 85.9 cm³/mol. The Labute approximate surface area is 134 Å². The van der Waals surface area contributed by atoms with Gasteiger partial charge in [0.2, 0.25) is 5.89 Å². The Morgan fingerprint density at radius 3 is 2.74 bits per heavy atom. The number of hydrogen-bond acceptors (Lipinski definition) is 4. The monoisotopic (exact) mass is 307 g/mol. The van der Waals surface area contributed by atoms with Crippen LogP contribution in [-0.4, -0.2) is 16.0 Å². The molecular weight excluding hydrogens is 290 g/mol. The van der Waals surface area contributed by atoms with Gasteiger partial charge in [-0.05, 0) is 24.6 Å². The van der Waals surface area contributed by atoms with E-state index in [2.05, 4.69) is 15.5 Å². The molecule has 3 aromatic rings. The maximum absolute atomic E-state index is 12.1. The van der Waals surface area contributed by atoms with Gasteiger partial charge < -0.3 is 9.84 Å². The van der Waals surface area contributed by atoms with Crippen molar-refractivity contribution in [3.05, 3.63) is 83.0 Å². The third-order valence-electron chi connectivity index (χ3n) is 3.40. The molecule has 3 rings (SSSR count). The number of aryl methyl sites for hydroxylation is 1. The summed E-state index contributed by atoms with van der Waals surface area (Å²) in [5.74, 6) is 0.857. The summed E-state index contributed by atoms with van der Waals surface area (Å²) < 4.78 is 5.21. The van der Waals surface area contributed by atoms with Gasteiger partial charge in [0.1, 0.15) is 0 Å². The molecule has 0 aliphatic carbocycles. The van der Waals surface area contributed by atoms with Crippen molar-refractivity contribution in [2.75, 3.05) is 0 Å². The molecule has 0 saturated carbocycles. The molecule has 1 aromatic heterocycles. The largest absolute Gasteiger partial charge is 0.345 e. The Bertz CT molecular complexity index is 797. The van der Waals surface area contributed by atoms with Gasteiger partial charge in [0.05, 0.1) is 13.0 Å². The molecule has 23 heavy (non-hydrogen) atoms. The minimum atomic E-state index is -0.150. The number of aromatic nitrogens is 2. The van der Waals surface area contributed by atoms with Crippen LogP contribution in [-0.2, 0) is 13.0 Å². The van der Waals surface area contributed by atoms with Gasteiger partial charge in [-0.3, -0.25) is 4.79 Å². The summed E-state index contributed by atoms with van der Waals surface area (Å²) in [7, 11) is 0. The molecule has 0 atom stereocenters. The normalized spacial score (nSPS) is 10.5. The number of carbonyl (C=O) groups is 1. The van der Waals surface area contributed by atoms with E-state index in [9.17, 15) is 4.79 Å². The lowest BCUT2D eigenvalue weighted by Crippen LogP contribution is -2.23. The van der Waals surface area contributed by atoms with E-state index in [4.69, 9.17) is 4.52 Å². The van der Waals surface area contributed by atoms with Crippen molar-refractivity contribution >= 4 is 5.91 Å². The molecule has 5 heteroatoms. The lowest BCUT2D eigenvalue weighted by Gasteiger charge is -2.03. The quantitative estimate of drug-likeness (QED) is 0.787. The van der Waals surface area contributed by atoms with Gasteiger partial charge >= 0.3 is 0 Å². The van der Waals surface area contributed by atoms with E-state index in [-0.39, 0.29) is 12.5 Å². The zero-order chi connectivity index (χ0) is 16.1. The van der Waals surface area contributed by atoms with Gasteiger partial charge in [0.15, 0.2) is 5.82 Å². The highest BCUT2D eigenvalue weighted by molar-refractivity contribution is 5.94. The van der Waals surface area contributed by atoms with Crippen molar-refractivity contribution in [1.29, 1.82) is 0 Å². The molecule has 0 saturated heterocycles. The third-order valence-corrected chi connectivity index (χ3v) is 3.40. The van der Waals surface area contributed by atoms with E-state index >= 15 is 0 Å². The Morgan fingerprint density at radius 1 is 1.13 bits per heavy atom. The minimum absolute atomic E-state index is 0.150. The summed E-state index contributed by atoms with van der Waals surface area (Å²) in [6.07, 6.45) is 0.583. The smallest absolute Gasteiger partial charge is 0.251 e. The highest BCUT2D eigenvalue weighted by Crippen LogP contribution is 2.08. The van der Waals surface area contributed by atoms with Crippen molar-refractivity contribution in [3.63, 3.8) is 0 Å². The number of rotatable bonds is 5. The fraction of sp³-hybridized carbons (Fsp3) is 0.167. The van der Waals surface area contributed by atoms with Crippen molar-refractivity contribution in [3.8, 4) is 0 Å². The summed E-state index contributed by atoms with van der Waals surface area (Å²) in [5.41, 5.74) is 2.77. The van der Waals surface area contributed by atoms with Crippen LogP contribution < -0.4 is 5.32 Å². The summed E-state index contributed by atoms with van der Waals surface area (Å²) in [6.45, 7) is 2.19. The number of amides is 1. The van der Waals surface area contributed by atoms with Crippen LogP contribution in [0.4, 0.5) is 0 Å². The highest BCUT2D eigenvalue weighted by atomic mass is 16.5. The van der Waals surface area contributed by atoms with Crippen LogP contribution in [0.3, 0.4) is 0 Å². The first-order valence-electron chi connectivity index (χ1n) is 7.41. The van der Waals surface area contributed by atoms with E-state index in [0.29, 0.717) is 23.7 Å². The van der Waals surface area contributed by atoms with Crippen LogP contribution in [0, 0.1) is 6.92 Å². The Kier molecular flexibility index (Phi) is 4.47. The summed E-state index contributed by atoms with van der Waals surface area (Å²) in [4.78, 5) is 16.4. The number of hydrogen-bond donors (Lipinski definition) is 1. The molecule has 0 aliphatic rings. The molecule has 2 aromatic carbocycles. The van der Waals surface area contributed by atoms with Crippen molar-refractivity contribution in [2.24, 2.45) is 0 Å². The molecule has 1 amide bonds. The van der Waals surface area contributed by atoms with Crippen LogP contribution in [0.25, 0.3) is 0 Å². The van der Waals surface area contributed by atoms with Gasteiger partial charge in [0.25, 0.3) is 5.91 Å². The summed E-state index contributed by atoms with van der Waals surface area (Å²) in [6, 6.07) is 17.3. The SMILES string of the molecule is Cc1cccc(C(=O)NCc2noc(Cc3ccccc3)n2)c1. The third kappa shape index (κ3) is 4.03. The first-order valence-corrected chi connectivity index (χ1v) is 7.41. The van der Waals surface area contributed by atoms with Gasteiger partial charge in [0, 0.05) is 5.56 Å². The van der Waals surface area contributed by atoms with E-state index in [0.717, 1.165) is 11.1 Å². The van der Waals surface area contributed by atoms with Crippen molar-refractivity contribution in [2.45, 2.75) is 19.9 Å². The van der Waals surface area contributed by atoms with Crippen LogP contribution in [0.1, 0.15) is 33.2 Å². The van der Waals surface area contributed by atoms with Crippen LogP contribution >= 0.6 is 0 Å². The molecule has 0 radical (unpaired) electrons. The molecule has 1 heterocycles. The van der Waals surface area contributed by atoms with Gasteiger partial charge in [-0.1, -0.05) is 53.2 Å². The molecule has 116 valence electrons. The molecular formula is C18H17N3O2. The Morgan fingerprint density at radius 2 is 1.96 bits per heavy atom. The zero-order valence-corrected chi connectivity index (χ0v) is 12.8. The molecule has 0 spiro atoms. The molecule has 0 unspecified atom stereocenters. The average Bonchev–Trinajstić information content (AvgIpc) is 3.01. The number of carbonyl (C=O) groups excluding carboxylic acids is 1. The van der Waals surface area contributed by atoms with Crippen LogP contribution in [0.2, 0.25) is 0 Å². The molecule has 5 nitrogen and oxygen atoms in total. The lowest BCUT2D eigenvalue weighted by atomic mass is 10.1. The van der Waals surface area contributed by atoms with E-state index in [1.165, 1.54) is 0 Å². The lowest BCUT2D eigenvalue weighted by molar-refractivity contribution is 0.0949. The van der Waals surface area contributed by atoms with Crippen molar-refractivity contribution in [1.82, 2.24) is 15.5 Å². The second-order valence-electron chi connectivity index (χ2n) is 5.32. The maximum atomic E-state index is 12.1. The highest BCUT2D eigenvalue weighted by Gasteiger charge is 2.10. The van der Waals surface area contributed by atoms with Crippen LogP contribution in [0.5, 0.6) is 0 Å². The minimum Gasteiger partial charge on any atom is -0.345 e. The summed E-state index contributed by atoms with van der Waals surface area (Å²) >= 11 is 0. The number of nitrogens with one attached hydrogen (secondary N) is 1. The maximum Gasteiger partial charge on any atom is 0.251 e. The molecule has 0 aliphatic heterocycles. The number of benzene rings is 2. The van der Waals surface area contributed by atoms with Gasteiger partial charge in [-0.15, -0.1) is 0 Å². The topological polar surface area (TPSA) is 68.0 Å². The van der Waals surface area contributed by atoms with E-state index in [1.807, 2.05) is 55.5 Å². The predicted octanol–water partition coefficient (Wildman–Crippen LogP) is 2.90. The van der Waals surface area contributed by atoms with Gasteiger partial charge in [-0.25, -0.2) is 0 Å². The average molecular weight is 307 g/mol. The Balaban J connectivity index is 1.58. The fourth-order valence-corrected chi connectivity index (χ4v) is 2.25. The standard InChI is InChI=1S/C18H17N3O2/c1-13-6-5-9-15(10-13)18(22)19-12-16-20-17(23-21-16)11-14-7-3-2-4-8-14/h2-10H,11-12H2,1H3,(H,19,22). The summed E-state index contributed by atoms with van der Waals surface area (Å²) in [5, 5.41) is 6.69. The van der Waals surface area contributed by atoms with E-state index in [1.54, 1.807) is 6.07 Å². The molecule has 0 fully saturated rings. The first kappa shape index (κ1) is 15.0. The van der Waals surface area contributed by atoms with E-state index < -0.39 is 0 Å². The number of nitrogens with zero attached hydrogens (tertiary/aromatic N) is 2. The zero-order valence-electron chi connectivity index (χ0n) is 12.8. The molecule has 0 bridgehead atoms. The second kappa shape index (κ2) is 6.87. The fourth-order valence-electron chi connectivity index (χ4n) is 2.25.